The van der Waals surface area contributed by atoms with Gasteiger partial charge in [0.15, 0.2) is 0 Å². The average molecular weight is 293 g/mol. The first kappa shape index (κ1) is 16.4. The van der Waals surface area contributed by atoms with Gasteiger partial charge in [0.05, 0.1) is 0 Å². The molecule has 1 aromatic carbocycles. The van der Waals surface area contributed by atoms with Crippen LogP contribution in [0, 0.1) is 5.82 Å². The highest BCUT2D eigenvalue weighted by Gasteiger charge is 2.28. The molecule has 2 N–H and O–H groups in total. The van der Waals surface area contributed by atoms with Gasteiger partial charge in [-0.2, -0.15) is 0 Å². The largest absolute Gasteiger partial charge is 0.326 e. The number of nitrogens with two attached hydrogens (primary N) is 1. The van der Waals surface area contributed by atoms with E-state index in [2.05, 4.69) is 23.6 Å². The average Bonchev–Trinajstić information content (AvgIpc) is 2.47. The van der Waals surface area contributed by atoms with Crippen molar-refractivity contribution in [2.45, 2.75) is 45.3 Å². The van der Waals surface area contributed by atoms with Gasteiger partial charge in [0.1, 0.15) is 5.82 Å². The standard InChI is InChI=1S/C17H28FN3/c1-4-13(2)20-8-10-21(11-9-20)17(14(3)19)15-6-5-7-16(18)12-15/h5-7,12-14,17H,4,8-11,19H2,1-3H3. The summed E-state index contributed by atoms with van der Waals surface area (Å²) in [6.07, 6.45) is 1.18. The minimum absolute atomic E-state index is 0.0121. The summed E-state index contributed by atoms with van der Waals surface area (Å²) in [6.45, 7) is 10.6. The molecule has 1 aliphatic heterocycles. The molecule has 0 spiro atoms. The third kappa shape index (κ3) is 4.02. The van der Waals surface area contributed by atoms with Gasteiger partial charge in [-0.3, -0.25) is 9.80 Å². The molecule has 21 heavy (non-hydrogen) atoms. The van der Waals surface area contributed by atoms with E-state index >= 15 is 0 Å². The molecule has 0 aliphatic carbocycles. The van der Waals surface area contributed by atoms with Crippen LogP contribution in [0.15, 0.2) is 24.3 Å². The molecule has 1 heterocycles. The molecule has 0 amide bonds. The number of nitrogens with zero attached hydrogens (tertiary/aromatic N) is 2. The van der Waals surface area contributed by atoms with Gasteiger partial charge in [0, 0.05) is 44.3 Å². The molecular formula is C17H28FN3. The molecule has 118 valence electrons. The number of halogens is 1. The normalized spacial score (nSPS) is 22.0. The fourth-order valence-corrected chi connectivity index (χ4v) is 3.25. The predicted molar refractivity (Wildman–Crippen MR) is 85.7 cm³/mol. The van der Waals surface area contributed by atoms with E-state index in [4.69, 9.17) is 5.73 Å². The summed E-state index contributed by atoms with van der Waals surface area (Å²) in [5.74, 6) is -0.184. The molecule has 3 unspecified atom stereocenters. The zero-order valence-electron chi connectivity index (χ0n) is 13.4. The Bertz CT molecular complexity index is 441. The Morgan fingerprint density at radius 1 is 1.14 bits per heavy atom. The lowest BCUT2D eigenvalue weighted by molar-refractivity contribution is 0.0652. The van der Waals surface area contributed by atoms with Crippen LogP contribution in [-0.4, -0.2) is 48.1 Å². The molecule has 0 aromatic heterocycles. The van der Waals surface area contributed by atoms with E-state index in [0.29, 0.717) is 6.04 Å². The predicted octanol–water partition coefficient (Wildman–Crippen LogP) is 2.63. The van der Waals surface area contributed by atoms with Crippen molar-refractivity contribution in [2.24, 2.45) is 5.73 Å². The van der Waals surface area contributed by atoms with Crippen molar-refractivity contribution in [3.63, 3.8) is 0 Å². The molecule has 2 rings (SSSR count). The van der Waals surface area contributed by atoms with E-state index in [9.17, 15) is 4.39 Å². The first-order valence-electron chi connectivity index (χ1n) is 8.02. The van der Waals surface area contributed by atoms with Crippen molar-refractivity contribution < 1.29 is 4.39 Å². The maximum Gasteiger partial charge on any atom is 0.123 e. The fraction of sp³-hybridized carbons (Fsp3) is 0.647. The SMILES string of the molecule is CCC(C)N1CCN(C(c2cccc(F)c2)C(C)N)CC1. The molecule has 1 aliphatic rings. The number of piperazine rings is 1. The zero-order chi connectivity index (χ0) is 15.4. The van der Waals surface area contributed by atoms with Crippen LogP contribution in [0.5, 0.6) is 0 Å². The number of rotatable bonds is 5. The second-order valence-electron chi connectivity index (χ2n) is 6.19. The van der Waals surface area contributed by atoms with Crippen LogP contribution in [0.4, 0.5) is 4.39 Å². The zero-order valence-corrected chi connectivity index (χ0v) is 13.4. The Hall–Kier alpha value is -0.970. The van der Waals surface area contributed by atoms with Gasteiger partial charge >= 0.3 is 0 Å². The Morgan fingerprint density at radius 3 is 2.29 bits per heavy atom. The summed E-state index contributed by atoms with van der Waals surface area (Å²) in [7, 11) is 0. The second kappa shape index (κ2) is 7.34. The van der Waals surface area contributed by atoms with Gasteiger partial charge in [-0.1, -0.05) is 19.1 Å². The Labute approximate surface area is 127 Å². The smallest absolute Gasteiger partial charge is 0.123 e. The molecule has 0 radical (unpaired) electrons. The first-order valence-corrected chi connectivity index (χ1v) is 8.02. The second-order valence-corrected chi connectivity index (χ2v) is 6.19. The third-order valence-electron chi connectivity index (χ3n) is 4.64. The van der Waals surface area contributed by atoms with E-state index in [1.54, 1.807) is 12.1 Å². The van der Waals surface area contributed by atoms with Crippen LogP contribution in [0.25, 0.3) is 0 Å². The van der Waals surface area contributed by atoms with E-state index < -0.39 is 0 Å². The quantitative estimate of drug-likeness (QED) is 0.906. The van der Waals surface area contributed by atoms with Gasteiger partial charge < -0.3 is 5.73 Å². The van der Waals surface area contributed by atoms with Crippen molar-refractivity contribution >= 4 is 0 Å². The molecule has 1 saturated heterocycles. The minimum atomic E-state index is -0.184. The summed E-state index contributed by atoms with van der Waals surface area (Å²) in [6, 6.07) is 7.59. The molecule has 0 bridgehead atoms. The van der Waals surface area contributed by atoms with Crippen molar-refractivity contribution in [3.8, 4) is 0 Å². The molecule has 3 nitrogen and oxygen atoms in total. The monoisotopic (exact) mass is 293 g/mol. The van der Waals surface area contributed by atoms with E-state index in [1.165, 1.54) is 12.5 Å². The van der Waals surface area contributed by atoms with Crippen LogP contribution in [0.2, 0.25) is 0 Å². The highest BCUT2D eigenvalue weighted by atomic mass is 19.1. The van der Waals surface area contributed by atoms with E-state index in [0.717, 1.165) is 31.7 Å². The van der Waals surface area contributed by atoms with E-state index in [-0.39, 0.29) is 17.9 Å². The lowest BCUT2D eigenvalue weighted by Gasteiger charge is -2.42. The highest BCUT2D eigenvalue weighted by molar-refractivity contribution is 5.22. The van der Waals surface area contributed by atoms with Crippen molar-refractivity contribution in [1.29, 1.82) is 0 Å². The summed E-state index contributed by atoms with van der Waals surface area (Å²) in [5.41, 5.74) is 7.18. The van der Waals surface area contributed by atoms with Crippen LogP contribution in [-0.2, 0) is 0 Å². The van der Waals surface area contributed by atoms with Gasteiger partial charge in [-0.05, 0) is 38.0 Å². The molecule has 4 heteroatoms. The van der Waals surface area contributed by atoms with Crippen LogP contribution >= 0.6 is 0 Å². The lowest BCUT2D eigenvalue weighted by Crippen LogP contribution is -2.52. The summed E-state index contributed by atoms with van der Waals surface area (Å²) in [4.78, 5) is 4.93. The molecule has 1 aromatic rings. The number of hydrogen-bond acceptors (Lipinski definition) is 3. The third-order valence-corrected chi connectivity index (χ3v) is 4.64. The van der Waals surface area contributed by atoms with Gasteiger partial charge in [-0.15, -0.1) is 0 Å². The number of hydrogen-bond donors (Lipinski definition) is 1. The van der Waals surface area contributed by atoms with Crippen LogP contribution in [0.3, 0.4) is 0 Å². The van der Waals surface area contributed by atoms with E-state index in [1.807, 2.05) is 13.0 Å². The van der Waals surface area contributed by atoms with Crippen molar-refractivity contribution in [3.05, 3.63) is 35.6 Å². The highest BCUT2D eigenvalue weighted by Crippen LogP contribution is 2.26. The Balaban J connectivity index is 2.07. The topological polar surface area (TPSA) is 32.5 Å². The summed E-state index contributed by atoms with van der Waals surface area (Å²) in [5, 5.41) is 0. The van der Waals surface area contributed by atoms with Crippen molar-refractivity contribution in [1.82, 2.24) is 9.80 Å². The number of benzene rings is 1. The Kier molecular flexibility index (Phi) is 5.73. The van der Waals surface area contributed by atoms with Crippen LogP contribution in [0.1, 0.15) is 38.8 Å². The molecular weight excluding hydrogens is 265 g/mol. The maximum absolute atomic E-state index is 13.5. The summed E-state index contributed by atoms with van der Waals surface area (Å²) < 4.78 is 13.5. The van der Waals surface area contributed by atoms with Gasteiger partial charge in [0.25, 0.3) is 0 Å². The summed E-state index contributed by atoms with van der Waals surface area (Å²) >= 11 is 0. The van der Waals surface area contributed by atoms with Gasteiger partial charge in [-0.25, -0.2) is 4.39 Å². The van der Waals surface area contributed by atoms with Crippen molar-refractivity contribution in [2.75, 3.05) is 26.2 Å². The minimum Gasteiger partial charge on any atom is -0.326 e. The Morgan fingerprint density at radius 2 is 1.76 bits per heavy atom. The van der Waals surface area contributed by atoms with Gasteiger partial charge in [0.2, 0.25) is 0 Å². The van der Waals surface area contributed by atoms with Crippen LogP contribution < -0.4 is 5.73 Å². The maximum atomic E-state index is 13.5. The first-order chi connectivity index (χ1) is 10.0. The molecule has 0 saturated carbocycles. The molecule has 1 fully saturated rings. The lowest BCUT2D eigenvalue weighted by atomic mass is 9.98. The molecule has 3 atom stereocenters. The fourth-order valence-electron chi connectivity index (χ4n) is 3.25.